The Hall–Kier alpha value is -1.83. The van der Waals surface area contributed by atoms with E-state index in [-0.39, 0.29) is 10.8 Å². The van der Waals surface area contributed by atoms with Crippen molar-refractivity contribution in [1.29, 1.82) is 0 Å². The third-order valence-electron chi connectivity index (χ3n) is 4.04. The minimum atomic E-state index is -4.02. The molecular weight excluding hydrogens is 319 g/mol. The summed E-state index contributed by atoms with van der Waals surface area (Å²) < 4.78 is 41.4. The van der Waals surface area contributed by atoms with Crippen LogP contribution in [0.15, 0.2) is 53.6 Å². The van der Waals surface area contributed by atoms with Gasteiger partial charge in [-0.3, -0.25) is 4.98 Å². The summed E-state index contributed by atoms with van der Waals surface area (Å²) in [4.78, 5) is 3.82. The van der Waals surface area contributed by atoms with Crippen LogP contribution in [0.5, 0.6) is 0 Å². The van der Waals surface area contributed by atoms with Crippen LogP contribution < -0.4 is 4.72 Å². The third kappa shape index (κ3) is 3.41. The maximum atomic E-state index is 13.8. The fraction of sp³-hybridized carbons (Fsp3) is 0.312. The van der Waals surface area contributed by atoms with Crippen molar-refractivity contribution in [3.8, 4) is 0 Å². The number of rotatable bonds is 5. The molecule has 1 aromatic carbocycles. The lowest BCUT2D eigenvalue weighted by atomic mass is 9.76. The molecule has 1 aliphatic carbocycles. The molecule has 1 atom stereocenters. The number of hydrogen-bond acceptors (Lipinski definition) is 4. The number of benzene rings is 1. The quantitative estimate of drug-likeness (QED) is 0.875. The fourth-order valence-corrected chi connectivity index (χ4v) is 4.11. The Kier molecular flexibility index (Phi) is 4.43. The predicted molar refractivity (Wildman–Crippen MR) is 82.4 cm³/mol. The van der Waals surface area contributed by atoms with Gasteiger partial charge in [0.05, 0.1) is 17.8 Å². The molecule has 5 nitrogen and oxygen atoms in total. The monoisotopic (exact) mass is 336 g/mol. The highest BCUT2D eigenvalue weighted by molar-refractivity contribution is 7.89. The Morgan fingerprint density at radius 2 is 1.87 bits per heavy atom. The van der Waals surface area contributed by atoms with Gasteiger partial charge in [0.2, 0.25) is 10.0 Å². The van der Waals surface area contributed by atoms with E-state index in [9.17, 15) is 17.9 Å². The molecule has 7 heteroatoms. The van der Waals surface area contributed by atoms with Crippen LogP contribution in [-0.2, 0) is 10.0 Å². The summed E-state index contributed by atoms with van der Waals surface area (Å²) in [7, 11) is -4.02. The van der Waals surface area contributed by atoms with Gasteiger partial charge in [0.25, 0.3) is 0 Å². The zero-order chi connectivity index (χ0) is 16.4. The van der Waals surface area contributed by atoms with Gasteiger partial charge in [-0.25, -0.2) is 17.5 Å². The minimum Gasteiger partial charge on any atom is -0.393 e. The Morgan fingerprint density at radius 1 is 1.17 bits per heavy atom. The van der Waals surface area contributed by atoms with Crippen LogP contribution in [0.1, 0.15) is 24.6 Å². The molecule has 1 heterocycles. The Balaban J connectivity index is 1.91. The van der Waals surface area contributed by atoms with Gasteiger partial charge in [-0.2, -0.15) is 0 Å². The largest absolute Gasteiger partial charge is 0.393 e. The Bertz CT molecular complexity index is 777. The average molecular weight is 336 g/mol. The van der Waals surface area contributed by atoms with Gasteiger partial charge >= 0.3 is 0 Å². The number of aliphatic hydroxyl groups is 1. The molecule has 0 bridgehead atoms. The Morgan fingerprint density at radius 3 is 2.48 bits per heavy atom. The van der Waals surface area contributed by atoms with Crippen molar-refractivity contribution in [3.05, 3.63) is 60.2 Å². The van der Waals surface area contributed by atoms with Crippen LogP contribution in [0.4, 0.5) is 4.39 Å². The molecule has 0 unspecified atom stereocenters. The first-order valence-corrected chi connectivity index (χ1v) is 8.81. The van der Waals surface area contributed by atoms with Crippen LogP contribution >= 0.6 is 0 Å². The lowest BCUT2D eigenvalue weighted by Crippen LogP contribution is -2.41. The van der Waals surface area contributed by atoms with Gasteiger partial charge in [-0.05, 0) is 43.0 Å². The second-order valence-corrected chi connectivity index (χ2v) is 7.35. The van der Waals surface area contributed by atoms with E-state index in [2.05, 4.69) is 9.71 Å². The molecule has 2 N–H and O–H groups in total. The fourth-order valence-electron chi connectivity index (χ4n) is 2.75. The van der Waals surface area contributed by atoms with Crippen LogP contribution in [0, 0.1) is 11.7 Å². The van der Waals surface area contributed by atoms with Gasteiger partial charge in [-0.15, -0.1) is 0 Å². The van der Waals surface area contributed by atoms with Crippen LogP contribution in [0.3, 0.4) is 0 Å². The maximum Gasteiger partial charge on any atom is 0.244 e. The van der Waals surface area contributed by atoms with Crippen LogP contribution in [-0.4, -0.2) is 24.6 Å². The number of nitrogens with zero attached hydrogens (tertiary/aromatic N) is 1. The van der Waals surface area contributed by atoms with Crippen LogP contribution in [0.25, 0.3) is 0 Å². The molecular formula is C16H17FN2O3S. The van der Waals surface area contributed by atoms with Gasteiger partial charge in [0.1, 0.15) is 10.7 Å². The second-order valence-electron chi connectivity index (χ2n) is 5.67. The minimum absolute atomic E-state index is 0.0681. The molecule has 0 amide bonds. The molecule has 1 fully saturated rings. The van der Waals surface area contributed by atoms with Crippen molar-refractivity contribution in [2.75, 3.05) is 0 Å². The highest BCUT2D eigenvalue weighted by Crippen LogP contribution is 2.38. The van der Waals surface area contributed by atoms with E-state index in [1.807, 2.05) is 0 Å². The number of halogens is 1. The Labute approximate surface area is 134 Å². The second kappa shape index (κ2) is 6.35. The van der Waals surface area contributed by atoms with E-state index < -0.39 is 28.0 Å². The third-order valence-corrected chi connectivity index (χ3v) is 5.51. The number of hydrogen-bond donors (Lipinski definition) is 2. The summed E-state index contributed by atoms with van der Waals surface area (Å²) in [5.74, 6) is -0.866. The predicted octanol–water partition coefficient (Wildman–Crippen LogP) is 2.01. The number of nitrogens with one attached hydrogen (secondary N) is 1. The highest BCUT2D eigenvalue weighted by Gasteiger charge is 2.38. The van der Waals surface area contributed by atoms with Gasteiger partial charge in [0.15, 0.2) is 0 Å². The zero-order valence-corrected chi connectivity index (χ0v) is 13.1. The number of sulfonamides is 1. The summed E-state index contributed by atoms with van der Waals surface area (Å²) >= 11 is 0. The van der Waals surface area contributed by atoms with Crippen molar-refractivity contribution in [2.24, 2.45) is 5.92 Å². The van der Waals surface area contributed by atoms with Crippen molar-refractivity contribution >= 4 is 10.0 Å². The molecule has 1 aliphatic rings. The van der Waals surface area contributed by atoms with Gasteiger partial charge in [0, 0.05) is 6.20 Å². The van der Waals surface area contributed by atoms with E-state index in [0.29, 0.717) is 18.5 Å². The number of aromatic nitrogens is 1. The number of pyridine rings is 1. The maximum absolute atomic E-state index is 13.8. The number of aliphatic hydroxyl groups excluding tert-OH is 1. The standard InChI is InChI=1S/C16H17FN2O3S/c17-13-5-1-2-7-15(13)23(21,22)19-16(11-9-12(20)10-11)14-6-3-4-8-18-14/h1-8,11-12,16,19-20H,9-10H2/t11?,12?,16-/m1/s1. The summed E-state index contributed by atoms with van der Waals surface area (Å²) in [5.41, 5.74) is 0.560. The van der Waals surface area contributed by atoms with E-state index in [1.54, 1.807) is 24.4 Å². The van der Waals surface area contributed by atoms with E-state index in [4.69, 9.17) is 0 Å². The molecule has 0 spiro atoms. The molecule has 3 rings (SSSR count). The first-order chi connectivity index (χ1) is 11.0. The highest BCUT2D eigenvalue weighted by atomic mass is 32.2. The first kappa shape index (κ1) is 16.0. The molecule has 0 saturated heterocycles. The van der Waals surface area contributed by atoms with Crippen molar-refractivity contribution in [1.82, 2.24) is 9.71 Å². The van der Waals surface area contributed by atoms with Crippen molar-refractivity contribution in [3.63, 3.8) is 0 Å². The lowest BCUT2D eigenvalue weighted by Gasteiger charge is -2.37. The summed E-state index contributed by atoms with van der Waals surface area (Å²) in [6.45, 7) is 0. The van der Waals surface area contributed by atoms with E-state index in [0.717, 1.165) is 6.07 Å². The summed E-state index contributed by atoms with van der Waals surface area (Å²) in [5, 5.41) is 9.52. The van der Waals surface area contributed by atoms with Crippen molar-refractivity contribution in [2.45, 2.75) is 29.9 Å². The van der Waals surface area contributed by atoms with E-state index >= 15 is 0 Å². The summed E-state index contributed by atoms with van der Waals surface area (Å²) in [6, 6.07) is 9.88. The first-order valence-electron chi connectivity index (χ1n) is 7.33. The average Bonchev–Trinajstić information content (AvgIpc) is 2.51. The van der Waals surface area contributed by atoms with Crippen LogP contribution in [0.2, 0.25) is 0 Å². The van der Waals surface area contributed by atoms with Gasteiger partial charge < -0.3 is 5.11 Å². The normalized spacial score (nSPS) is 22.3. The SMILES string of the molecule is O=S(=O)(N[C@@H](c1ccccn1)C1CC(O)C1)c1ccccc1F. The topological polar surface area (TPSA) is 79.3 Å². The van der Waals surface area contributed by atoms with Crippen molar-refractivity contribution < 1.29 is 17.9 Å². The molecule has 1 saturated carbocycles. The molecule has 2 aromatic rings. The summed E-state index contributed by atoms with van der Waals surface area (Å²) in [6.07, 6.45) is 2.13. The molecule has 0 aliphatic heterocycles. The smallest absolute Gasteiger partial charge is 0.244 e. The molecule has 0 radical (unpaired) electrons. The molecule has 23 heavy (non-hydrogen) atoms. The molecule has 122 valence electrons. The lowest BCUT2D eigenvalue weighted by molar-refractivity contribution is 0.0273. The zero-order valence-electron chi connectivity index (χ0n) is 12.3. The van der Waals surface area contributed by atoms with E-state index in [1.165, 1.54) is 18.2 Å². The molecule has 1 aromatic heterocycles. The van der Waals surface area contributed by atoms with Gasteiger partial charge in [-0.1, -0.05) is 18.2 Å².